The Balaban J connectivity index is 2.32. The van der Waals surface area contributed by atoms with Gasteiger partial charge in [-0.3, -0.25) is 4.57 Å². The van der Waals surface area contributed by atoms with E-state index in [0.717, 1.165) is 3.79 Å². The molecule has 2 rings (SSSR count). The molecule has 0 bridgehead atoms. The number of hydrogen-bond donors (Lipinski definition) is 2. The lowest BCUT2D eigenvalue weighted by molar-refractivity contribution is 0.532. The molecule has 0 aliphatic carbocycles. The molecule has 0 aliphatic rings. The molecular weight excluding hydrogens is 360 g/mol. The zero-order valence-electron chi connectivity index (χ0n) is 11.5. The molecule has 2 aromatic rings. The van der Waals surface area contributed by atoms with Crippen molar-refractivity contribution in [1.29, 1.82) is 0 Å². The van der Waals surface area contributed by atoms with Crippen LogP contribution in [-0.4, -0.2) is 20.8 Å². The van der Waals surface area contributed by atoms with Gasteiger partial charge in [-0.2, -0.15) is 0 Å². The van der Waals surface area contributed by atoms with Crippen molar-refractivity contribution in [2.24, 2.45) is 5.73 Å². The van der Waals surface area contributed by atoms with Gasteiger partial charge in [0.1, 0.15) is 0 Å². The normalized spacial score (nSPS) is 14.7. The van der Waals surface area contributed by atoms with Crippen molar-refractivity contribution in [2.45, 2.75) is 43.3 Å². The summed E-state index contributed by atoms with van der Waals surface area (Å²) < 4.78 is 2.73. The van der Waals surface area contributed by atoms with Gasteiger partial charge in [0.25, 0.3) is 0 Å². The fourth-order valence-electron chi connectivity index (χ4n) is 1.85. The van der Waals surface area contributed by atoms with Gasteiger partial charge in [0, 0.05) is 17.0 Å². The first-order chi connectivity index (χ1) is 9.40. The lowest BCUT2D eigenvalue weighted by Gasteiger charge is -2.19. The van der Waals surface area contributed by atoms with Crippen molar-refractivity contribution in [1.82, 2.24) is 14.8 Å². The van der Waals surface area contributed by atoms with Gasteiger partial charge < -0.3 is 5.73 Å². The summed E-state index contributed by atoms with van der Waals surface area (Å²) in [5, 5.41) is 7.37. The molecular formula is C12H17BrN4OS2. The van der Waals surface area contributed by atoms with E-state index in [-0.39, 0.29) is 23.0 Å². The predicted molar refractivity (Wildman–Crippen MR) is 87.5 cm³/mol. The summed E-state index contributed by atoms with van der Waals surface area (Å²) in [5.41, 5.74) is 5.92. The molecule has 0 spiro atoms. The van der Waals surface area contributed by atoms with Crippen molar-refractivity contribution < 1.29 is 0 Å². The maximum atomic E-state index is 11.8. The second-order valence-corrected chi connectivity index (χ2v) is 8.42. The Labute approximate surface area is 134 Å². The first kappa shape index (κ1) is 15.8. The highest BCUT2D eigenvalue weighted by Gasteiger charge is 2.23. The van der Waals surface area contributed by atoms with E-state index in [1.165, 1.54) is 16.6 Å². The molecule has 20 heavy (non-hydrogen) atoms. The molecule has 2 aromatic heterocycles. The first-order valence-corrected chi connectivity index (χ1v) is 8.73. The van der Waals surface area contributed by atoms with Gasteiger partial charge in [-0.25, -0.2) is 9.89 Å². The van der Waals surface area contributed by atoms with E-state index in [9.17, 15) is 4.79 Å². The van der Waals surface area contributed by atoms with Gasteiger partial charge in [0.05, 0.1) is 9.04 Å². The standard InChI is InChI=1S/C12H17BrN4OS2/c1-6(2)17-11(18)15-16-12(17)20-10(7(3)14)8-4-5-9(13)19-8/h4-7,10H,14H2,1-3H3,(H,15,18). The summed E-state index contributed by atoms with van der Waals surface area (Å²) in [6.45, 7) is 5.89. The molecule has 3 N–H and O–H groups in total. The number of nitrogens with one attached hydrogen (secondary N) is 1. The monoisotopic (exact) mass is 376 g/mol. The van der Waals surface area contributed by atoms with Crippen LogP contribution in [0.3, 0.4) is 0 Å². The average molecular weight is 377 g/mol. The molecule has 2 unspecified atom stereocenters. The van der Waals surface area contributed by atoms with Crippen LogP contribution in [0.25, 0.3) is 0 Å². The number of nitrogens with two attached hydrogens (primary N) is 1. The maximum Gasteiger partial charge on any atom is 0.344 e. The van der Waals surface area contributed by atoms with Crippen molar-refractivity contribution in [3.8, 4) is 0 Å². The minimum Gasteiger partial charge on any atom is -0.327 e. The third kappa shape index (κ3) is 3.36. The number of hydrogen-bond acceptors (Lipinski definition) is 5. The Morgan fingerprint density at radius 3 is 2.65 bits per heavy atom. The molecule has 0 aromatic carbocycles. The van der Waals surface area contributed by atoms with Gasteiger partial charge in [-0.1, -0.05) is 11.8 Å². The average Bonchev–Trinajstić information content (AvgIpc) is 2.92. The summed E-state index contributed by atoms with van der Waals surface area (Å²) in [6, 6.07) is 4.08. The van der Waals surface area contributed by atoms with Crippen LogP contribution in [0.15, 0.2) is 25.9 Å². The van der Waals surface area contributed by atoms with Crippen LogP contribution in [0.1, 0.15) is 36.9 Å². The highest BCUT2D eigenvalue weighted by molar-refractivity contribution is 9.11. The van der Waals surface area contributed by atoms with E-state index in [4.69, 9.17) is 5.73 Å². The fraction of sp³-hybridized carbons (Fsp3) is 0.500. The number of aromatic amines is 1. The summed E-state index contributed by atoms with van der Waals surface area (Å²) >= 11 is 6.65. The highest BCUT2D eigenvalue weighted by Crippen LogP contribution is 2.40. The van der Waals surface area contributed by atoms with Gasteiger partial charge in [0.2, 0.25) is 0 Å². The molecule has 0 fully saturated rings. The topological polar surface area (TPSA) is 76.7 Å². The fourth-order valence-corrected chi connectivity index (χ4v) is 4.80. The number of H-pyrrole nitrogens is 1. The summed E-state index contributed by atoms with van der Waals surface area (Å²) in [5.74, 6) is 0. The number of rotatable bonds is 5. The van der Waals surface area contributed by atoms with Crippen LogP contribution in [0.4, 0.5) is 0 Å². The number of nitrogens with zero attached hydrogens (tertiary/aromatic N) is 2. The maximum absolute atomic E-state index is 11.8. The van der Waals surface area contributed by atoms with E-state index in [2.05, 4.69) is 32.2 Å². The first-order valence-electron chi connectivity index (χ1n) is 6.24. The van der Waals surface area contributed by atoms with Gasteiger partial charge in [-0.15, -0.1) is 16.4 Å². The summed E-state index contributed by atoms with van der Waals surface area (Å²) in [6.07, 6.45) is 0. The Bertz CT molecular complexity index is 631. The highest BCUT2D eigenvalue weighted by atomic mass is 79.9. The molecule has 5 nitrogen and oxygen atoms in total. The minimum atomic E-state index is -0.182. The molecule has 2 heterocycles. The Hall–Kier alpha value is -0.570. The zero-order valence-corrected chi connectivity index (χ0v) is 14.7. The van der Waals surface area contributed by atoms with E-state index < -0.39 is 0 Å². The number of aromatic nitrogens is 3. The molecule has 0 aliphatic heterocycles. The van der Waals surface area contributed by atoms with E-state index in [1.807, 2.05) is 26.8 Å². The second kappa shape index (κ2) is 6.46. The largest absolute Gasteiger partial charge is 0.344 e. The van der Waals surface area contributed by atoms with Crippen LogP contribution < -0.4 is 11.4 Å². The van der Waals surface area contributed by atoms with Crippen LogP contribution in [0.2, 0.25) is 0 Å². The van der Waals surface area contributed by atoms with Crippen LogP contribution in [0, 0.1) is 0 Å². The Morgan fingerprint density at radius 2 is 2.15 bits per heavy atom. The minimum absolute atomic E-state index is 0.0436. The van der Waals surface area contributed by atoms with Crippen molar-refractivity contribution >= 4 is 39.0 Å². The van der Waals surface area contributed by atoms with Crippen LogP contribution in [-0.2, 0) is 0 Å². The van der Waals surface area contributed by atoms with Gasteiger partial charge in [0.15, 0.2) is 5.16 Å². The number of thiophene rings is 1. The Morgan fingerprint density at radius 1 is 1.45 bits per heavy atom. The summed E-state index contributed by atoms with van der Waals surface area (Å²) in [4.78, 5) is 12.9. The third-order valence-corrected chi connectivity index (χ3v) is 6.06. The van der Waals surface area contributed by atoms with E-state index in [0.29, 0.717) is 5.16 Å². The van der Waals surface area contributed by atoms with Gasteiger partial charge >= 0.3 is 5.69 Å². The van der Waals surface area contributed by atoms with E-state index >= 15 is 0 Å². The molecule has 0 saturated heterocycles. The summed E-state index contributed by atoms with van der Waals surface area (Å²) in [7, 11) is 0. The van der Waals surface area contributed by atoms with Crippen molar-refractivity contribution in [3.63, 3.8) is 0 Å². The lowest BCUT2D eigenvalue weighted by Crippen LogP contribution is -2.23. The molecule has 0 amide bonds. The van der Waals surface area contributed by atoms with Crippen molar-refractivity contribution in [3.05, 3.63) is 31.3 Å². The molecule has 8 heteroatoms. The van der Waals surface area contributed by atoms with Crippen LogP contribution in [0.5, 0.6) is 0 Å². The third-order valence-electron chi connectivity index (χ3n) is 2.77. The Kier molecular flexibility index (Phi) is 5.11. The van der Waals surface area contributed by atoms with Crippen molar-refractivity contribution in [2.75, 3.05) is 0 Å². The van der Waals surface area contributed by atoms with Crippen LogP contribution >= 0.6 is 39.0 Å². The van der Waals surface area contributed by atoms with Gasteiger partial charge in [-0.05, 0) is 48.8 Å². The second-order valence-electron chi connectivity index (χ2n) is 4.81. The quantitative estimate of drug-likeness (QED) is 0.785. The molecule has 2 atom stereocenters. The predicted octanol–water partition coefficient (Wildman–Crippen LogP) is 3.16. The lowest BCUT2D eigenvalue weighted by atomic mass is 10.2. The number of halogens is 1. The zero-order chi connectivity index (χ0) is 14.9. The van der Waals surface area contributed by atoms with E-state index in [1.54, 1.807) is 15.9 Å². The smallest absolute Gasteiger partial charge is 0.327 e. The molecule has 110 valence electrons. The molecule has 0 radical (unpaired) electrons. The number of thioether (sulfide) groups is 1. The molecule has 0 saturated carbocycles. The SMILES string of the molecule is CC(N)C(Sc1n[nH]c(=O)n1C(C)C)c1ccc(Br)s1.